The molecule has 1 heterocycles. The van der Waals surface area contributed by atoms with Crippen LogP contribution in [0.25, 0.3) is 10.9 Å². The highest BCUT2D eigenvalue weighted by Crippen LogP contribution is 2.51. The van der Waals surface area contributed by atoms with Crippen LogP contribution >= 0.6 is 11.6 Å². The number of fused-ring (bicyclic) bond motifs is 1. The van der Waals surface area contributed by atoms with Crippen LogP contribution in [0.2, 0.25) is 5.02 Å². The fraction of sp³-hybridized carbons (Fsp3) is 0.211. The molecule has 0 saturated heterocycles. The van der Waals surface area contributed by atoms with Crippen LogP contribution < -0.4 is 5.32 Å². The number of hydrogen-bond donors (Lipinski definition) is 2. The van der Waals surface area contributed by atoms with E-state index in [1.54, 1.807) is 0 Å². The van der Waals surface area contributed by atoms with Crippen molar-refractivity contribution >= 4 is 34.1 Å². The van der Waals surface area contributed by atoms with Gasteiger partial charge in [-0.2, -0.15) is 0 Å². The summed E-state index contributed by atoms with van der Waals surface area (Å²) in [5, 5.41) is 4.79. The van der Waals surface area contributed by atoms with Gasteiger partial charge in [-0.05, 0) is 61.2 Å². The van der Waals surface area contributed by atoms with E-state index < -0.39 is 5.41 Å². The minimum Gasteiger partial charge on any atom is -0.361 e. The number of benzene rings is 2. The molecule has 1 amide bonds. The Balaban J connectivity index is 1.69. The zero-order chi connectivity index (χ0) is 16.0. The minimum atomic E-state index is -0.438. The van der Waals surface area contributed by atoms with E-state index in [2.05, 4.69) is 10.3 Å². The van der Waals surface area contributed by atoms with Crippen molar-refractivity contribution in [2.45, 2.75) is 25.2 Å². The number of rotatable bonds is 3. The Kier molecular flexibility index (Phi) is 3.20. The van der Waals surface area contributed by atoms with Crippen LogP contribution in [0.4, 0.5) is 5.69 Å². The Labute approximate surface area is 139 Å². The second-order valence-electron chi connectivity index (χ2n) is 6.30. The molecule has 0 bridgehead atoms. The maximum absolute atomic E-state index is 12.9. The van der Waals surface area contributed by atoms with E-state index in [4.69, 9.17) is 11.6 Å². The molecule has 0 atom stereocenters. The first-order valence-electron chi connectivity index (χ1n) is 7.74. The monoisotopic (exact) mass is 324 g/mol. The second kappa shape index (κ2) is 5.14. The number of halogens is 1. The third-order valence-corrected chi connectivity index (χ3v) is 4.86. The largest absolute Gasteiger partial charge is 0.361 e. The minimum absolute atomic E-state index is 0.0592. The highest BCUT2D eigenvalue weighted by Gasteiger charge is 2.52. The molecule has 2 aromatic carbocycles. The second-order valence-corrected chi connectivity index (χ2v) is 6.73. The molecule has 0 unspecified atom stereocenters. The maximum atomic E-state index is 12.9. The van der Waals surface area contributed by atoms with Gasteiger partial charge < -0.3 is 10.3 Å². The molecule has 1 aliphatic carbocycles. The molecule has 0 radical (unpaired) electrons. The normalized spacial score (nSPS) is 15.6. The lowest BCUT2D eigenvalue weighted by molar-refractivity contribution is -0.118. The zero-order valence-corrected chi connectivity index (χ0v) is 13.6. The molecule has 3 aromatic rings. The van der Waals surface area contributed by atoms with Gasteiger partial charge >= 0.3 is 0 Å². The first-order valence-corrected chi connectivity index (χ1v) is 8.11. The van der Waals surface area contributed by atoms with Crippen LogP contribution in [0.3, 0.4) is 0 Å². The summed E-state index contributed by atoms with van der Waals surface area (Å²) in [6, 6.07) is 13.6. The van der Waals surface area contributed by atoms with Crippen molar-refractivity contribution < 1.29 is 4.79 Å². The van der Waals surface area contributed by atoms with E-state index in [0.717, 1.165) is 40.6 Å². The van der Waals surface area contributed by atoms with E-state index in [-0.39, 0.29) is 5.91 Å². The Morgan fingerprint density at radius 3 is 2.78 bits per heavy atom. The third kappa shape index (κ3) is 2.41. The third-order valence-electron chi connectivity index (χ3n) is 4.62. The summed E-state index contributed by atoms with van der Waals surface area (Å²) in [4.78, 5) is 16.1. The summed E-state index contributed by atoms with van der Waals surface area (Å²) in [5.41, 5.74) is 3.59. The SMILES string of the molecule is Cc1cccc(NC(=O)C2(c3c[nH]c4ccc(Cl)cc34)CC2)c1. The fourth-order valence-electron chi connectivity index (χ4n) is 3.21. The number of aryl methyl sites for hydroxylation is 1. The summed E-state index contributed by atoms with van der Waals surface area (Å²) in [7, 11) is 0. The maximum Gasteiger partial charge on any atom is 0.235 e. The summed E-state index contributed by atoms with van der Waals surface area (Å²) >= 11 is 6.13. The van der Waals surface area contributed by atoms with Crippen molar-refractivity contribution in [3.63, 3.8) is 0 Å². The molecule has 1 saturated carbocycles. The number of amides is 1. The number of aromatic nitrogens is 1. The van der Waals surface area contributed by atoms with Crippen LogP contribution in [0, 0.1) is 6.92 Å². The number of nitrogens with one attached hydrogen (secondary N) is 2. The van der Waals surface area contributed by atoms with Crippen molar-refractivity contribution in [1.29, 1.82) is 0 Å². The van der Waals surface area contributed by atoms with Gasteiger partial charge in [0.1, 0.15) is 0 Å². The van der Waals surface area contributed by atoms with Gasteiger partial charge in [-0.15, -0.1) is 0 Å². The number of carbonyl (C=O) groups is 1. The van der Waals surface area contributed by atoms with Gasteiger partial charge in [0.2, 0.25) is 5.91 Å². The first kappa shape index (κ1) is 14.3. The van der Waals surface area contributed by atoms with E-state index in [0.29, 0.717) is 5.02 Å². The van der Waals surface area contributed by atoms with Crippen LogP contribution in [-0.2, 0) is 10.2 Å². The topological polar surface area (TPSA) is 44.9 Å². The number of hydrogen-bond acceptors (Lipinski definition) is 1. The number of carbonyl (C=O) groups excluding carboxylic acids is 1. The van der Waals surface area contributed by atoms with Gasteiger partial charge in [0.25, 0.3) is 0 Å². The van der Waals surface area contributed by atoms with Gasteiger partial charge in [0.05, 0.1) is 5.41 Å². The van der Waals surface area contributed by atoms with Crippen molar-refractivity contribution in [1.82, 2.24) is 4.98 Å². The van der Waals surface area contributed by atoms with E-state index in [1.807, 2.05) is 55.6 Å². The standard InChI is InChI=1S/C19H17ClN2O/c1-12-3-2-4-14(9-12)22-18(23)19(7-8-19)16-11-21-17-6-5-13(20)10-15(16)17/h2-6,9-11,21H,7-8H2,1H3,(H,22,23). The molecular formula is C19H17ClN2O. The molecule has 0 aliphatic heterocycles. The van der Waals surface area contributed by atoms with Crippen LogP contribution in [0.15, 0.2) is 48.7 Å². The zero-order valence-electron chi connectivity index (χ0n) is 12.8. The van der Waals surface area contributed by atoms with Gasteiger partial charge in [-0.3, -0.25) is 4.79 Å². The molecule has 23 heavy (non-hydrogen) atoms. The molecule has 4 heteroatoms. The van der Waals surface area contributed by atoms with E-state index >= 15 is 0 Å². The predicted molar refractivity (Wildman–Crippen MR) is 94.0 cm³/mol. The molecule has 1 aliphatic rings. The summed E-state index contributed by atoms with van der Waals surface area (Å²) in [5.74, 6) is 0.0592. The van der Waals surface area contributed by atoms with Crippen molar-refractivity contribution in [3.8, 4) is 0 Å². The van der Waals surface area contributed by atoms with Crippen LogP contribution in [0.5, 0.6) is 0 Å². The van der Waals surface area contributed by atoms with Gasteiger partial charge in [-0.1, -0.05) is 23.7 Å². The number of aromatic amines is 1. The number of H-pyrrole nitrogens is 1. The Hall–Kier alpha value is -2.26. The van der Waals surface area contributed by atoms with Crippen LogP contribution in [-0.4, -0.2) is 10.9 Å². The molecule has 116 valence electrons. The molecule has 0 spiro atoms. The lowest BCUT2D eigenvalue weighted by Gasteiger charge is -2.15. The highest BCUT2D eigenvalue weighted by molar-refractivity contribution is 6.31. The summed E-state index contributed by atoms with van der Waals surface area (Å²) < 4.78 is 0. The Morgan fingerprint density at radius 1 is 1.22 bits per heavy atom. The Morgan fingerprint density at radius 2 is 2.04 bits per heavy atom. The fourth-order valence-corrected chi connectivity index (χ4v) is 3.38. The molecule has 1 aromatic heterocycles. The summed E-state index contributed by atoms with van der Waals surface area (Å²) in [6.45, 7) is 2.02. The molecule has 2 N–H and O–H groups in total. The lowest BCUT2D eigenvalue weighted by Crippen LogP contribution is -2.27. The van der Waals surface area contributed by atoms with Crippen molar-refractivity contribution in [3.05, 3.63) is 64.8 Å². The van der Waals surface area contributed by atoms with Gasteiger partial charge in [0.15, 0.2) is 0 Å². The summed E-state index contributed by atoms with van der Waals surface area (Å²) in [6.07, 6.45) is 3.68. The highest BCUT2D eigenvalue weighted by atomic mass is 35.5. The average molecular weight is 325 g/mol. The van der Waals surface area contributed by atoms with Crippen molar-refractivity contribution in [2.24, 2.45) is 0 Å². The van der Waals surface area contributed by atoms with Gasteiger partial charge in [0, 0.05) is 27.8 Å². The smallest absolute Gasteiger partial charge is 0.235 e. The lowest BCUT2D eigenvalue weighted by atomic mass is 9.94. The van der Waals surface area contributed by atoms with E-state index in [9.17, 15) is 4.79 Å². The van der Waals surface area contributed by atoms with Gasteiger partial charge in [-0.25, -0.2) is 0 Å². The van der Waals surface area contributed by atoms with Crippen LogP contribution in [0.1, 0.15) is 24.0 Å². The average Bonchev–Trinajstić information content (AvgIpc) is 3.22. The van der Waals surface area contributed by atoms with Crippen molar-refractivity contribution in [2.75, 3.05) is 5.32 Å². The molecule has 1 fully saturated rings. The predicted octanol–water partition coefficient (Wildman–Crippen LogP) is 4.80. The molecular weight excluding hydrogens is 308 g/mol. The molecule has 4 rings (SSSR count). The van der Waals surface area contributed by atoms with E-state index in [1.165, 1.54) is 0 Å². The molecule has 3 nitrogen and oxygen atoms in total. The first-order chi connectivity index (χ1) is 11.1. The number of anilines is 1. The quantitative estimate of drug-likeness (QED) is 0.714. The Bertz CT molecular complexity index is 909.